The lowest BCUT2D eigenvalue weighted by Gasteiger charge is -2.19. The van der Waals surface area contributed by atoms with E-state index in [9.17, 15) is 38.7 Å². The second-order valence-corrected chi connectivity index (χ2v) is 18.7. The highest BCUT2D eigenvalue weighted by molar-refractivity contribution is 7.99. The molecule has 0 saturated carbocycles. The van der Waals surface area contributed by atoms with Crippen LogP contribution in [0, 0.1) is 5.92 Å². The van der Waals surface area contributed by atoms with E-state index < -0.39 is 35.0 Å². The van der Waals surface area contributed by atoms with Crippen LogP contribution in [0.3, 0.4) is 0 Å². The van der Waals surface area contributed by atoms with Crippen molar-refractivity contribution in [3.05, 3.63) is 0 Å². The highest BCUT2D eigenvalue weighted by Crippen LogP contribution is 2.32. The zero-order valence-electron chi connectivity index (χ0n) is 41.3. The van der Waals surface area contributed by atoms with Crippen LogP contribution in [0.4, 0.5) is 0 Å². The quantitative estimate of drug-likeness (QED) is 0.0130. The molecule has 0 aromatic carbocycles. The van der Waals surface area contributed by atoms with Crippen molar-refractivity contribution in [3.8, 4) is 0 Å². The summed E-state index contributed by atoms with van der Waals surface area (Å²) in [5.41, 5.74) is -2.26. The zero-order valence-corrected chi connectivity index (χ0v) is 42.9. The summed E-state index contributed by atoms with van der Waals surface area (Å²) >= 11 is 2.92. The SMILES string of the molecule is CCC(=O)OCCSC.CCC(O)CC(OC(C)=O)SCC(C)C(=O)O.CCCCCCCCOC(=O)CCCCCCCC1OC1CCCCCCCC.O=CCC(O)(C=O)CC=O. The van der Waals surface area contributed by atoms with Crippen LogP contribution >= 0.6 is 23.5 Å². The molecule has 3 N–H and O–H groups in total. The van der Waals surface area contributed by atoms with Crippen LogP contribution in [0.15, 0.2) is 0 Å². The Morgan fingerprint density at radius 2 is 1.22 bits per heavy atom. The Morgan fingerprint density at radius 1 is 0.723 bits per heavy atom. The van der Waals surface area contributed by atoms with Crippen LogP contribution in [0.5, 0.6) is 0 Å². The second-order valence-electron chi connectivity index (χ2n) is 16.5. The van der Waals surface area contributed by atoms with Gasteiger partial charge in [0.25, 0.3) is 0 Å². The van der Waals surface area contributed by atoms with Gasteiger partial charge in [0, 0.05) is 50.5 Å². The molecule has 0 spiro atoms. The molecule has 1 fully saturated rings. The predicted molar refractivity (Wildman–Crippen MR) is 261 cm³/mol. The van der Waals surface area contributed by atoms with Gasteiger partial charge in [-0.15, -0.1) is 11.8 Å². The molecule has 0 aromatic heterocycles. The monoisotopic (exact) mass is 967 g/mol. The second kappa shape index (κ2) is 47.9. The van der Waals surface area contributed by atoms with E-state index in [1.165, 1.54) is 121 Å². The number of carboxylic acid groups (broad SMARTS) is 1. The Kier molecular flexibility index (Phi) is 49.2. The highest BCUT2D eigenvalue weighted by Gasteiger charge is 2.36. The molecule has 5 atom stereocenters. The van der Waals surface area contributed by atoms with E-state index >= 15 is 0 Å². The standard InChI is InChI=1S/C26H50O3.C11H20O5S.C6H8O4.C6H12O2S/c1-3-5-7-9-12-16-20-24-25(29-24)21-17-13-11-14-18-22-26(27)28-23-19-15-10-8-6-4-2;1-4-9(13)5-10(16-8(3)12)17-6-7(2)11(14)15;7-3-1-6(10,5-9)2-4-8;1-3-6(7)8-4-5-9-2/h24-25H,3-23H2,1-2H3;7,9-10,13H,4-6H2,1-3H3,(H,14,15);3-5,10H,1-2H2;3-5H2,1-2H3. The van der Waals surface area contributed by atoms with Crippen LogP contribution in [0.2, 0.25) is 0 Å². The maximum Gasteiger partial charge on any atom is 0.307 e. The first kappa shape index (κ1) is 66.7. The first-order valence-corrected chi connectivity index (χ1v) is 26.8. The molecule has 1 rings (SSSR count). The summed E-state index contributed by atoms with van der Waals surface area (Å²) in [6, 6.07) is 0. The lowest BCUT2D eigenvalue weighted by atomic mass is 10.00. The van der Waals surface area contributed by atoms with Crippen molar-refractivity contribution in [2.24, 2.45) is 5.92 Å². The van der Waals surface area contributed by atoms with E-state index in [1.54, 1.807) is 25.6 Å². The number of aliphatic hydroxyl groups excluding tert-OH is 1. The molecular weight excluding hydrogens is 877 g/mol. The van der Waals surface area contributed by atoms with Crippen LogP contribution in [-0.2, 0) is 52.5 Å². The lowest BCUT2D eigenvalue weighted by Crippen LogP contribution is -2.31. The molecule has 0 aromatic rings. The minimum Gasteiger partial charge on any atom is -0.481 e. The van der Waals surface area contributed by atoms with Gasteiger partial charge in [-0.05, 0) is 38.4 Å². The number of hydrogen-bond donors (Lipinski definition) is 3. The number of esters is 3. The van der Waals surface area contributed by atoms with Gasteiger partial charge in [0.2, 0.25) is 0 Å². The minimum atomic E-state index is -1.77. The van der Waals surface area contributed by atoms with Crippen molar-refractivity contribution in [3.63, 3.8) is 0 Å². The van der Waals surface area contributed by atoms with Crippen LogP contribution < -0.4 is 0 Å². The summed E-state index contributed by atoms with van der Waals surface area (Å²) in [4.78, 5) is 73.4. The number of epoxide rings is 1. The number of aliphatic hydroxyl groups is 2. The molecule has 65 heavy (non-hydrogen) atoms. The average molecular weight is 967 g/mol. The van der Waals surface area contributed by atoms with E-state index in [4.69, 9.17) is 29.2 Å². The van der Waals surface area contributed by atoms with Gasteiger partial charge in [-0.25, -0.2) is 0 Å². The number of unbranched alkanes of at least 4 members (excludes halogenated alkanes) is 14. The molecule has 1 heterocycles. The fraction of sp³-hybridized carbons (Fsp3) is 0.857. The first-order chi connectivity index (χ1) is 31.1. The fourth-order valence-electron chi connectivity index (χ4n) is 5.95. The maximum absolute atomic E-state index is 11.7. The van der Waals surface area contributed by atoms with E-state index in [1.807, 2.05) is 13.2 Å². The molecule has 1 aliphatic rings. The lowest BCUT2D eigenvalue weighted by molar-refractivity contribution is -0.144. The van der Waals surface area contributed by atoms with E-state index in [0.717, 1.165) is 25.0 Å². The number of aldehydes is 3. The normalized spacial score (nSPS) is 15.2. The summed E-state index contributed by atoms with van der Waals surface area (Å²) < 4.78 is 20.9. The molecule has 0 radical (unpaired) electrons. The Labute approximate surface area is 400 Å². The van der Waals surface area contributed by atoms with Crippen molar-refractivity contribution < 1.29 is 67.8 Å². The fourth-order valence-corrected chi connectivity index (χ4v) is 7.41. The van der Waals surface area contributed by atoms with Gasteiger partial charge in [0.05, 0.1) is 30.8 Å². The van der Waals surface area contributed by atoms with E-state index in [-0.39, 0.29) is 31.1 Å². The van der Waals surface area contributed by atoms with Crippen molar-refractivity contribution >= 4 is 66.3 Å². The number of rotatable bonds is 39. The molecule has 5 unspecified atom stereocenters. The van der Waals surface area contributed by atoms with Crippen molar-refractivity contribution in [1.29, 1.82) is 0 Å². The summed E-state index contributed by atoms with van der Waals surface area (Å²) in [5, 5.41) is 27.2. The first-order valence-electron chi connectivity index (χ1n) is 24.3. The molecule has 14 nitrogen and oxygen atoms in total. The third kappa shape index (κ3) is 47.8. The molecule has 0 amide bonds. The predicted octanol–water partition coefficient (Wildman–Crippen LogP) is 10.0. The molecule has 0 aliphatic carbocycles. The Bertz CT molecular complexity index is 1180. The molecule has 16 heteroatoms. The van der Waals surface area contributed by atoms with Crippen molar-refractivity contribution in [2.75, 3.05) is 31.0 Å². The molecule has 382 valence electrons. The number of hydrogen-bond acceptors (Lipinski definition) is 15. The summed E-state index contributed by atoms with van der Waals surface area (Å²) in [6.45, 7) is 12.2. The molecule has 1 aliphatic heterocycles. The van der Waals surface area contributed by atoms with Gasteiger partial charge in [-0.2, -0.15) is 11.8 Å². The Morgan fingerprint density at radius 3 is 1.66 bits per heavy atom. The van der Waals surface area contributed by atoms with Gasteiger partial charge in [-0.3, -0.25) is 19.2 Å². The van der Waals surface area contributed by atoms with Gasteiger partial charge < -0.3 is 48.7 Å². The molecule has 1 saturated heterocycles. The Balaban J connectivity index is -0.000000896. The highest BCUT2D eigenvalue weighted by atomic mass is 32.2. The van der Waals surface area contributed by atoms with Gasteiger partial charge in [0.1, 0.15) is 30.2 Å². The largest absolute Gasteiger partial charge is 0.481 e. The van der Waals surface area contributed by atoms with Crippen molar-refractivity contribution in [1.82, 2.24) is 0 Å². The van der Waals surface area contributed by atoms with Gasteiger partial charge in [0.15, 0.2) is 6.29 Å². The van der Waals surface area contributed by atoms with Crippen LogP contribution in [0.25, 0.3) is 0 Å². The number of ether oxygens (including phenoxy) is 4. The zero-order chi connectivity index (χ0) is 49.6. The number of carboxylic acids is 1. The van der Waals surface area contributed by atoms with Crippen LogP contribution in [0.1, 0.15) is 202 Å². The number of carbonyl (C=O) groups excluding carboxylic acids is 6. The third-order valence-electron chi connectivity index (χ3n) is 10.3. The summed E-state index contributed by atoms with van der Waals surface area (Å²) in [6.07, 6.45) is 29.0. The van der Waals surface area contributed by atoms with Gasteiger partial charge >= 0.3 is 23.9 Å². The average Bonchev–Trinajstić information content (AvgIpc) is 4.04. The van der Waals surface area contributed by atoms with E-state index in [0.29, 0.717) is 69.4 Å². The smallest absolute Gasteiger partial charge is 0.307 e. The number of aliphatic carboxylic acids is 1. The summed E-state index contributed by atoms with van der Waals surface area (Å²) in [5.74, 6) is -0.664. The molecular formula is C49H90O14S2. The van der Waals surface area contributed by atoms with Gasteiger partial charge in [-0.1, -0.05) is 131 Å². The van der Waals surface area contributed by atoms with E-state index in [2.05, 4.69) is 13.8 Å². The Hall–Kier alpha value is -2.53. The maximum atomic E-state index is 11.7. The van der Waals surface area contributed by atoms with Crippen LogP contribution in [-0.4, -0.2) is 118 Å². The summed E-state index contributed by atoms with van der Waals surface area (Å²) in [7, 11) is 0. The van der Waals surface area contributed by atoms with Crippen molar-refractivity contribution in [2.45, 2.75) is 231 Å². The number of carbonyl (C=O) groups is 7. The topological polar surface area (TPSA) is 220 Å². The molecule has 0 bridgehead atoms. The third-order valence-corrected chi connectivity index (χ3v) is 12.2. The minimum absolute atomic E-state index is 0.00229. The number of thioether (sulfide) groups is 2.